The number of carbonyl (C=O) groups is 1. The summed E-state index contributed by atoms with van der Waals surface area (Å²) < 4.78 is 17.4. The maximum absolute atomic E-state index is 13.5. The van der Waals surface area contributed by atoms with Crippen LogP contribution in [0.15, 0.2) is 46.3 Å². The van der Waals surface area contributed by atoms with E-state index in [0.29, 0.717) is 33.1 Å². The van der Waals surface area contributed by atoms with Crippen molar-refractivity contribution in [3.8, 4) is 11.5 Å². The second kappa shape index (κ2) is 10.9. The van der Waals surface area contributed by atoms with E-state index < -0.39 is 12.1 Å². The van der Waals surface area contributed by atoms with E-state index in [1.54, 1.807) is 25.1 Å². The highest BCUT2D eigenvalue weighted by Crippen LogP contribution is 2.35. The summed E-state index contributed by atoms with van der Waals surface area (Å²) in [7, 11) is 2.76. The normalized spacial score (nSPS) is 15.3. The van der Waals surface area contributed by atoms with Crippen molar-refractivity contribution in [2.45, 2.75) is 51.0 Å². The number of benzene rings is 2. The van der Waals surface area contributed by atoms with E-state index in [1.807, 2.05) is 18.2 Å². The second-order valence-corrected chi connectivity index (χ2v) is 8.93. The first-order valence-electron chi connectivity index (χ1n) is 11.6. The first-order chi connectivity index (χ1) is 16.9. The molecule has 0 radical (unpaired) electrons. The highest BCUT2D eigenvalue weighted by Gasteiger charge is 2.23. The monoisotopic (exact) mass is 497 g/mol. The molecule has 0 N–H and O–H groups in total. The van der Waals surface area contributed by atoms with Crippen LogP contribution in [-0.2, 0) is 9.53 Å². The van der Waals surface area contributed by atoms with Crippen LogP contribution in [0.5, 0.6) is 11.5 Å². The molecule has 1 aliphatic rings. The molecule has 0 unspecified atom stereocenters. The number of hydrogen-bond acceptors (Lipinski definition) is 7. The zero-order valence-electron chi connectivity index (χ0n) is 20.0. The average Bonchev–Trinajstić information content (AvgIpc) is 2.89. The fourth-order valence-electron chi connectivity index (χ4n) is 4.35. The van der Waals surface area contributed by atoms with Crippen LogP contribution in [0.25, 0.3) is 10.9 Å². The molecule has 0 aliphatic heterocycles. The molecule has 4 rings (SSSR count). The van der Waals surface area contributed by atoms with Crippen LogP contribution in [0, 0.1) is 0 Å². The fraction of sp³-hybridized carbons (Fsp3) is 0.385. The molecule has 35 heavy (non-hydrogen) atoms. The number of rotatable bonds is 7. The van der Waals surface area contributed by atoms with Crippen molar-refractivity contribution in [3.63, 3.8) is 0 Å². The van der Waals surface area contributed by atoms with Gasteiger partial charge >= 0.3 is 5.97 Å². The van der Waals surface area contributed by atoms with Crippen LogP contribution >= 0.6 is 11.6 Å². The van der Waals surface area contributed by atoms with Crippen molar-refractivity contribution in [1.82, 2.24) is 9.66 Å². The third kappa shape index (κ3) is 5.32. The van der Waals surface area contributed by atoms with Gasteiger partial charge < -0.3 is 14.2 Å². The molecule has 0 bridgehead atoms. The number of hydrogen-bond donors (Lipinski definition) is 0. The van der Waals surface area contributed by atoms with Crippen molar-refractivity contribution in [3.05, 3.63) is 63.2 Å². The van der Waals surface area contributed by atoms with Gasteiger partial charge in [-0.2, -0.15) is 9.78 Å². The van der Waals surface area contributed by atoms with Crippen molar-refractivity contribution in [2.24, 2.45) is 5.10 Å². The van der Waals surface area contributed by atoms with E-state index in [-0.39, 0.29) is 17.2 Å². The van der Waals surface area contributed by atoms with Crippen LogP contribution in [0.2, 0.25) is 5.02 Å². The second-order valence-electron chi connectivity index (χ2n) is 8.49. The largest absolute Gasteiger partial charge is 0.493 e. The van der Waals surface area contributed by atoms with Crippen molar-refractivity contribution < 1.29 is 19.0 Å². The number of para-hydroxylation sites is 1. The molecule has 184 valence electrons. The Kier molecular flexibility index (Phi) is 7.70. The molecule has 0 saturated heterocycles. The Morgan fingerprint density at radius 3 is 2.66 bits per heavy atom. The first kappa shape index (κ1) is 24.7. The van der Waals surface area contributed by atoms with Crippen molar-refractivity contribution in [2.75, 3.05) is 14.2 Å². The summed E-state index contributed by atoms with van der Waals surface area (Å²) in [5.41, 5.74) is 0.858. The fourth-order valence-corrected chi connectivity index (χ4v) is 4.57. The van der Waals surface area contributed by atoms with Gasteiger partial charge in [0, 0.05) is 22.6 Å². The lowest BCUT2D eigenvalue weighted by Gasteiger charge is -2.23. The van der Waals surface area contributed by atoms with Gasteiger partial charge in [-0.1, -0.05) is 43.0 Å². The molecule has 1 heterocycles. The Hall–Kier alpha value is -3.39. The predicted octanol–water partition coefficient (Wildman–Crippen LogP) is 4.93. The third-order valence-electron chi connectivity index (χ3n) is 6.16. The van der Waals surface area contributed by atoms with Crippen LogP contribution in [0.4, 0.5) is 0 Å². The summed E-state index contributed by atoms with van der Waals surface area (Å²) in [6.07, 6.45) is 5.85. The minimum absolute atomic E-state index is 0.141. The quantitative estimate of drug-likeness (QED) is 0.339. The van der Waals surface area contributed by atoms with E-state index in [4.69, 9.17) is 30.8 Å². The standard InChI is InChI=1S/C26H28ClN3O5/c1-16(26(32)34-3)35-23-18(13-19(27)14-22(23)33-2)15-28-30-24(17-9-5-4-6-10-17)29-21-12-8-7-11-20(21)25(30)31/h7-8,11-17H,4-6,9-10H2,1-3H3/t16-/m1/s1. The lowest BCUT2D eigenvalue weighted by molar-refractivity contribution is -0.147. The van der Waals surface area contributed by atoms with Gasteiger partial charge in [0.1, 0.15) is 5.82 Å². The van der Waals surface area contributed by atoms with Gasteiger partial charge in [0.25, 0.3) is 5.56 Å². The first-order valence-corrected chi connectivity index (χ1v) is 12.0. The maximum Gasteiger partial charge on any atom is 0.346 e. The molecule has 1 atom stereocenters. The van der Waals surface area contributed by atoms with Gasteiger partial charge in [-0.15, -0.1) is 0 Å². The van der Waals surface area contributed by atoms with Crippen molar-refractivity contribution in [1.29, 1.82) is 0 Å². The van der Waals surface area contributed by atoms with Gasteiger partial charge in [0.2, 0.25) is 0 Å². The molecular weight excluding hydrogens is 470 g/mol. The number of nitrogens with zero attached hydrogens (tertiary/aromatic N) is 3. The lowest BCUT2D eigenvalue weighted by Crippen LogP contribution is -2.26. The number of carbonyl (C=O) groups excluding carboxylic acids is 1. The summed E-state index contributed by atoms with van der Waals surface area (Å²) in [5.74, 6) is 0.830. The smallest absolute Gasteiger partial charge is 0.346 e. The van der Waals surface area contributed by atoms with E-state index in [0.717, 1.165) is 25.7 Å². The molecular formula is C26H28ClN3O5. The highest BCUT2D eigenvalue weighted by atomic mass is 35.5. The summed E-state index contributed by atoms with van der Waals surface area (Å²) >= 11 is 6.30. The molecule has 1 aromatic heterocycles. The Labute approximate surface area is 208 Å². The summed E-state index contributed by atoms with van der Waals surface area (Å²) in [6.45, 7) is 1.57. The van der Waals surface area contributed by atoms with Gasteiger partial charge in [0.05, 0.1) is 31.3 Å². The number of methoxy groups -OCH3 is 2. The van der Waals surface area contributed by atoms with Crippen molar-refractivity contribution >= 4 is 34.7 Å². The minimum atomic E-state index is -0.898. The van der Waals surface area contributed by atoms with Gasteiger partial charge in [-0.05, 0) is 38.0 Å². The zero-order valence-corrected chi connectivity index (χ0v) is 20.7. The molecule has 3 aromatic rings. The molecule has 9 heteroatoms. The lowest BCUT2D eigenvalue weighted by atomic mass is 9.88. The van der Waals surface area contributed by atoms with Crippen LogP contribution < -0.4 is 15.0 Å². The van der Waals surface area contributed by atoms with Gasteiger partial charge in [-0.25, -0.2) is 9.78 Å². The molecule has 1 saturated carbocycles. The van der Waals surface area contributed by atoms with E-state index >= 15 is 0 Å². The number of ether oxygens (including phenoxy) is 3. The Morgan fingerprint density at radius 1 is 1.20 bits per heavy atom. The Morgan fingerprint density at radius 2 is 1.94 bits per heavy atom. The molecule has 2 aromatic carbocycles. The minimum Gasteiger partial charge on any atom is -0.493 e. The predicted molar refractivity (Wildman–Crippen MR) is 135 cm³/mol. The maximum atomic E-state index is 13.5. The molecule has 1 aliphatic carbocycles. The Balaban J connectivity index is 1.83. The summed E-state index contributed by atoms with van der Waals surface area (Å²) in [6, 6.07) is 10.5. The van der Waals surface area contributed by atoms with E-state index in [9.17, 15) is 9.59 Å². The highest BCUT2D eigenvalue weighted by molar-refractivity contribution is 6.31. The Bertz CT molecular complexity index is 1310. The van der Waals surface area contributed by atoms with E-state index in [2.05, 4.69) is 5.10 Å². The molecule has 8 nitrogen and oxygen atoms in total. The van der Waals surface area contributed by atoms with Gasteiger partial charge in [0.15, 0.2) is 17.6 Å². The average molecular weight is 498 g/mol. The summed E-state index contributed by atoms with van der Waals surface area (Å²) in [5, 5.41) is 5.43. The number of halogens is 1. The van der Waals surface area contributed by atoms with Crippen LogP contribution in [-0.4, -0.2) is 42.2 Å². The topological polar surface area (TPSA) is 92.0 Å². The number of aromatic nitrogens is 2. The van der Waals surface area contributed by atoms with E-state index in [1.165, 1.54) is 31.5 Å². The SMILES string of the molecule is COC(=O)[C@@H](C)Oc1c(C=Nn2c(C3CCCCC3)nc3ccccc3c2=O)cc(Cl)cc1OC. The molecule has 0 amide bonds. The van der Waals surface area contributed by atoms with Crippen LogP contribution in [0.3, 0.4) is 0 Å². The zero-order chi connectivity index (χ0) is 24.9. The summed E-state index contributed by atoms with van der Waals surface area (Å²) in [4.78, 5) is 30.3. The number of esters is 1. The van der Waals surface area contributed by atoms with Gasteiger partial charge in [-0.3, -0.25) is 4.79 Å². The molecule has 1 fully saturated rings. The number of fused-ring (bicyclic) bond motifs is 1. The third-order valence-corrected chi connectivity index (χ3v) is 6.38. The van der Waals surface area contributed by atoms with Crippen LogP contribution in [0.1, 0.15) is 56.3 Å². The molecule has 0 spiro atoms.